The molecule has 1 N–H and O–H groups in total. The van der Waals surface area contributed by atoms with E-state index < -0.39 is 0 Å². The van der Waals surface area contributed by atoms with Gasteiger partial charge in [-0.05, 0) is 11.4 Å². The van der Waals surface area contributed by atoms with Crippen molar-refractivity contribution < 1.29 is 9.90 Å². The van der Waals surface area contributed by atoms with Crippen molar-refractivity contribution in [3.8, 4) is 0 Å². The monoisotopic (exact) mass is 183 g/mol. The molecule has 12 heavy (non-hydrogen) atoms. The number of amides is 1. The number of hydrogen-bond donors (Lipinski definition) is 1. The summed E-state index contributed by atoms with van der Waals surface area (Å²) in [5.74, 6) is 0.0373. The average molecular weight is 183 g/mol. The Morgan fingerprint density at radius 3 is 2.92 bits per heavy atom. The number of aliphatic hydroxyl groups excluding tert-OH is 1. The molecule has 0 unspecified atom stereocenters. The van der Waals surface area contributed by atoms with E-state index in [-0.39, 0.29) is 12.0 Å². The number of thiophene rings is 1. The van der Waals surface area contributed by atoms with Gasteiger partial charge in [-0.15, -0.1) is 11.3 Å². The summed E-state index contributed by atoms with van der Waals surface area (Å²) in [6.07, 6.45) is -0.311. The van der Waals surface area contributed by atoms with Crippen molar-refractivity contribution in [2.45, 2.75) is 6.10 Å². The summed E-state index contributed by atoms with van der Waals surface area (Å²) in [5, 5.41) is 10.9. The number of rotatable bonds is 1. The van der Waals surface area contributed by atoms with Crippen LogP contribution in [0.25, 0.3) is 0 Å². The van der Waals surface area contributed by atoms with E-state index in [1.807, 2.05) is 11.4 Å². The van der Waals surface area contributed by atoms with Gasteiger partial charge in [0, 0.05) is 13.1 Å². The molecular formula is C8H9NO2S. The minimum Gasteiger partial charge on any atom is -0.389 e. The number of hydrogen-bond acceptors (Lipinski definition) is 3. The fraction of sp³-hybridized carbons (Fsp3) is 0.375. The molecule has 0 spiro atoms. The molecule has 1 amide bonds. The molecule has 1 aliphatic rings. The van der Waals surface area contributed by atoms with Crippen molar-refractivity contribution in [3.05, 3.63) is 22.4 Å². The maximum atomic E-state index is 11.5. The fourth-order valence-corrected chi connectivity index (χ4v) is 1.87. The zero-order valence-electron chi connectivity index (χ0n) is 6.43. The Balaban J connectivity index is 2.03. The highest BCUT2D eigenvalue weighted by Gasteiger charge is 2.29. The lowest BCUT2D eigenvalue weighted by atomic mass is 10.1. The molecule has 1 aliphatic heterocycles. The summed E-state index contributed by atoms with van der Waals surface area (Å²) >= 11 is 1.44. The molecule has 1 aromatic rings. The lowest BCUT2D eigenvalue weighted by molar-refractivity contribution is 0.00623. The van der Waals surface area contributed by atoms with Gasteiger partial charge in [-0.1, -0.05) is 6.07 Å². The highest BCUT2D eigenvalue weighted by molar-refractivity contribution is 7.12. The number of likely N-dealkylation sites (tertiary alicyclic amines) is 1. The molecule has 0 bridgehead atoms. The van der Waals surface area contributed by atoms with Crippen molar-refractivity contribution >= 4 is 17.2 Å². The Hall–Kier alpha value is -0.870. The molecular weight excluding hydrogens is 174 g/mol. The Morgan fingerprint density at radius 2 is 2.42 bits per heavy atom. The van der Waals surface area contributed by atoms with Gasteiger partial charge in [0.2, 0.25) is 0 Å². The highest BCUT2D eigenvalue weighted by atomic mass is 32.1. The second-order valence-corrected chi connectivity index (χ2v) is 3.79. The highest BCUT2D eigenvalue weighted by Crippen LogP contribution is 2.16. The molecule has 64 valence electrons. The van der Waals surface area contributed by atoms with E-state index in [9.17, 15) is 4.79 Å². The normalized spacial score (nSPS) is 17.6. The maximum absolute atomic E-state index is 11.5. The lowest BCUT2D eigenvalue weighted by Gasteiger charge is -2.35. The Morgan fingerprint density at radius 1 is 1.67 bits per heavy atom. The van der Waals surface area contributed by atoms with Crippen LogP contribution in [-0.4, -0.2) is 35.1 Å². The maximum Gasteiger partial charge on any atom is 0.264 e. The molecule has 1 saturated heterocycles. The largest absolute Gasteiger partial charge is 0.389 e. The molecule has 0 radical (unpaired) electrons. The topological polar surface area (TPSA) is 40.5 Å². The molecule has 2 rings (SSSR count). The molecule has 0 atom stereocenters. The van der Waals surface area contributed by atoms with Crippen LogP contribution >= 0.6 is 11.3 Å². The van der Waals surface area contributed by atoms with Crippen LogP contribution in [0.4, 0.5) is 0 Å². The third-order valence-electron chi connectivity index (χ3n) is 1.88. The quantitative estimate of drug-likeness (QED) is 0.691. The summed E-state index contributed by atoms with van der Waals surface area (Å²) < 4.78 is 0. The number of nitrogens with zero attached hydrogens (tertiary/aromatic N) is 1. The number of carbonyl (C=O) groups excluding carboxylic acids is 1. The van der Waals surface area contributed by atoms with Gasteiger partial charge in [-0.25, -0.2) is 0 Å². The van der Waals surface area contributed by atoms with E-state index in [0.717, 1.165) is 4.88 Å². The van der Waals surface area contributed by atoms with Crippen LogP contribution < -0.4 is 0 Å². The molecule has 0 aliphatic carbocycles. The van der Waals surface area contributed by atoms with Crippen molar-refractivity contribution in [3.63, 3.8) is 0 Å². The summed E-state index contributed by atoms with van der Waals surface area (Å²) in [6, 6.07) is 3.66. The van der Waals surface area contributed by atoms with Crippen molar-refractivity contribution in [2.75, 3.05) is 13.1 Å². The Bertz CT molecular complexity index is 277. The summed E-state index contributed by atoms with van der Waals surface area (Å²) in [4.78, 5) is 13.9. The third kappa shape index (κ3) is 1.23. The van der Waals surface area contributed by atoms with E-state index in [4.69, 9.17) is 5.11 Å². The molecule has 1 aromatic heterocycles. The lowest BCUT2D eigenvalue weighted by Crippen LogP contribution is -2.53. The van der Waals surface area contributed by atoms with Gasteiger partial charge < -0.3 is 10.0 Å². The van der Waals surface area contributed by atoms with Crippen LogP contribution in [0, 0.1) is 0 Å². The van der Waals surface area contributed by atoms with Crippen LogP contribution in [0.1, 0.15) is 9.67 Å². The van der Waals surface area contributed by atoms with Gasteiger partial charge in [-0.2, -0.15) is 0 Å². The second kappa shape index (κ2) is 2.88. The van der Waals surface area contributed by atoms with Crippen molar-refractivity contribution in [1.82, 2.24) is 4.90 Å². The molecule has 2 heterocycles. The smallest absolute Gasteiger partial charge is 0.264 e. The standard InChI is InChI=1S/C8H9NO2S/c10-6-4-9(5-6)8(11)7-2-1-3-12-7/h1-3,6,10H,4-5H2. The van der Waals surface area contributed by atoms with Crippen molar-refractivity contribution in [2.24, 2.45) is 0 Å². The summed E-state index contributed by atoms with van der Waals surface area (Å²) in [5.41, 5.74) is 0. The Kier molecular flexibility index (Phi) is 1.86. The third-order valence-corrected chi connectivity index (χ3v) is 2.74. The molecule has 3 nitrogen and oxygen atoms in total. The average Bonchev–Trinajstić information content (AvgIpc) is 2.49. The van der Waals surface area contributed by atoms with Gasteiger partial charge in [-0.3, -0.25) is 4.79 Å². The Labute approximate surface area is 74.2 Å². The zero-order chi connectivity index (χ0) is 8.55. The van der Waals surface area contributed by atoms with E-state index in [1.165, 1.54) is 11.3 Å². The van der Waals surface area contributed by atoms with Crippen LogP contribution in [0.2, 0.25) is 0 Å². The van der Waals surface area contributed by atoms with Crippen molar-refractivity contribution in [1.29, 1.82) is 0 Å². The number of aliphatic hydroxyl groups is 1. The van der Waals surface area contributed by atoms with E-state index in [0.29, 0.717) is 13.1 Å². The first-order valence-electron chi connectivity index (χ1n) is 3.78. The van der Waals surface area contributed by atoms with Gasteiger partial charge in [0.1, 0.15) is 0 Å². The second-order valence-electron chi connectivity index (χ2n) is 2.84. The fourth-order valence-electron chi connectivity index (χ4n) is 1.18. The van der Waals surface area contributed by atoms with Gasteiger partial charge in [0.05, 0.1) is 11.0 Å². The molecule has 0 aromatic carbocycles. The van der Waals surface area contributed by atoms with E-state index in [2.05, 4.69) is 0 Å². The van der Waals surface area contributed by atoms with Gasteiger partial charge >= 0.3 is 0 Å². The predicted octanol–water partition coefficient (Wildman–Crippen LogP) is 0.565. The summed E-state index contributed by atoms with van der Waals surface area (Å²) in [6.45, 7) is 0.966. The van der Waals surface area contributed by atoms with Crippen LogP contribution in [-0.2, 0) is 0 Å². The van der Waals surface area contributed by atoms with Crippen LogP contribution in [0.3, 0.4) is 0 Å². The molecule has 1 fully saturated rings. The van der Waals surface area contributed by atoms with Gasteiger partial charge in [0.15, 0.2) is 0 Å². The zero-order valence-corrected chi connectivity index (χ0v) is 7.25. The molecule has 4 heteroatoms. The minimum absolute atomic E-state index is 0.0373. The number of β-amino-alcohol motifs (C(OH)–C–C–N with tert-alkyl or cyclic N) is 1. The van der Waals surface area contributed by atoms with Crippen LogP contribution in [0.15, 0.2) is 17.5 Å². The van der Waals surface area contributed by atoms with E-state index >= 15 is 0 Å². The summed E-state index contributed by atoms with van der Waals surface area (Å²) in [7, 11) is 0. The first-order valence-corrected chi connectivity index (χ1v) is 4.66. The predicted molar refractivity (Wildman–Crippen MR) is 46.2 cm³/mol. The van der Waals surface area contributed by atoms with Crippen LogP contribution in [0.5, 0.6) is 0 Å². The molecule has 0 saturated carbocycles. The SMILES string of the molecule is O=C(c1cccs1)N1CC(O)C1. The first-order chi connectivity index (χ1) is 5.77. The first kappa shape index (κ1) is 7.76. The number of carbonyl (C=O) groups is 1. The van der Waals surface area contributed by atoms with Gasteiger partial charge in [0.25, 0.3) is 5.91 Å². The minimum atomic E-state index is -0.311. The van der Waals surface area contributed by atoms with E-state index in [1.54, 1.807) is 11.0 Å².